The van der Waals surface area contributed by atoms with Crippen molar-refractivity contribution in [2.24, 2.45) is 5.92 Å². The average molecular weight is 384 g/mol. The summed E-state index contributed by atoms with van der Waals surface area (Å²) in [6.07, 6.45) is 3.46. The topological polar surface area (TPSA) is 89.1 Å². The first-order valence-electron chi connectivity index (χ1n) is 9.22. The first kappa shape index (κ1) is 18.2. The van der Waals surface area contributed by atoms with E-state index in [1.54, 1.807) is 13.0 Å². The fourth-order valence-corrected chi connectivity index (χ4v) is 3.70. The van der Waals surface area contributed by atoms with Crippen LogP contribution < -0.4 is 10.1 Å². The van der Waals surface area contributed by atoms with Gasteiger partial charge >= 0.3 is 5.97 Å². The molecule has 0 fully saturated rings. The number of methoxy groups -OCH3 is 1. The molecule has 0 saturated carbocycles. The number of aryl methyl sites for hydroxylation is 1. The number of anilines is 2. The molecule has 0 radical (unpaired) electrons. The fourth-order valence-electron chi connectivity index (χ4n) is 3.70. The van der Waals surface area contributed by atoms with E-state index in [1.807, 2.05) is 0 Å². The quantitative estimate of drug-likeness (QED) is 0.655. The van der Waals surface area contributed by atoms with Crippen molar-refractivity contribution in [1.82, 2.24) is 15.0 Å². The van der Waals surface area contributed by atoms with Gasteiger partial charge in [-0.3, -0.25) is 4.79 Å². The van der Waals surface area contributed by atoms with Crippen LogP contribution in [-0.4, -0.2) is 34.6 Å². The van der Waals surface area contributed by atoms with Gasteiger partial charge in [0.2, 0.25) is 0 Å². The summed E-state index contributed by atoms with van der Waals surface area (Å²) in [4.78, 5) is 24.2. The number of carbonyl (C=O) groups excluding carboxylic acids is 1. The summed E-state index contributed by atoms with van der Waals surface area (Å²) in [5.41, 5.74) is 3.20. The molecule has 2 aromatic heterocycles. The van der Waals surface area contributed by atoms with Crippen molar-refractivity contribution in [3.8, 4) is 5.75 Å². The average Bonchev–Trinajstić information content (AvgIpc) is 3.07. The van der Waals surface area contributed by atoms with E-state index in [2.05, 4.69) is 20.3 Å². The molecule has 0 aliphatic heterocycles. The number of esters is 1. The van der Waals surface area contributed by atoms with Crippen LogP contribution in [0.3, 0.4) is 0 Å². The maximum Gasteiger partial charge on any atom is 0.309 e. The van der Waals surface area contributed by atoms with Gasteiger partial charge in [-0.1, -0.05) is 0 Å². The number of aromatic nitrogens is 3. The second kappa shape index (κ2) is 7.46. The lowest BCUT2D eigenvalue weighted by molar-refractivity contribution is -0.148. The molecule has 4 rings (SSSR count). The van der Waals surface area contributed by atoms with Gasteiger partial charge in [-0.25, -0.2) is 14.4 Å². The van der Waals surface area contributed by atoms with Gasteiger partial charge in [-0.05, 0) is 43.9 Å². The zero-order chi connectivity index (χ0) is 19.7. The number of halogens is 1. The summed E-state index contributed by atoms with van der Waals surface area (Å²) in [5, 5.41) is 3.96. The highest BCUT2D eigenvalue weighted by Crippen LogP contribution is 2.37. The van der Waals surface area contributed by atoms with Crippen molar-refractivity contribution in [3.05, 3.63) is 41.6 Å². The number of aromatic amines is 1. The number of carbonyl (C=O) groups is 1. The van der Waals surface area contributed by atoms with Crippen molar-refractivity contribution in [2.45, 2.75) is 26.2 Å². The summed E-state index contributed by atoms with van der Waals surface area (Å²) in [7, 11) is 1.52. The Balaban J connectivity index is 1.74. The number of H-pyrrole nitrogens is 1. The molecule has 8 heteroatoms. The minimum atomic E-state index is -0.382. The molecule has 1 aromatic carbocycles. The van der Waals surface area contributed by atoms with E-state index in [0.29, 0.717) is 35.9 Å². The molecule has 28 heavy (non-hydrogen) atoms. The number of hydrogen-bond donors (Lipinski definition) is 2. The number of nitrogens with one attached hydrogen (secondary N) is 2. The van der Waals surface area contributed by atoms with Gasteiger partial charge in [0.25, 0.3) is 0 Å². The van der Waals surface area contributed by atoms with Crippen LogP contribution in [-0.2, 0) is 22.4 Å². The number of benzene rings is 1. The molecule has 1 aliphatic rings. The second-order valence-corrected chi connectivity index (χ2v) is 6.69. The third-order valence-electron chi connectivity index (χ3n) is 5.01. The van der Waals surface area contributed by atoms with E-state index in [9.17, 15) is 9.18 Å². The third kappa shape index (κ3) is 3.26. The van der Waals surface area contributed by atoms with Crippen LogP contribution >= 0.6 is 0 Å². The molecule has 1 atom stereocenters. The van der Waals surface area contributed by atoms with Gasteiger partial charge in [0.15, 0.2) is 0 Å². The van der Waals surface area contributed by atoms with Gasteiger partial charge in [-0.2, -0.15) is 0 Å². The zero-order valence-electron chi connectivity index (χ0n) is 15.7. The molecule has 2 heterocycles. The van der Waals surface area contributed by atoms with Crippen LogP contribution in [0.4, 0.5) is 15.9 Å². The Morgan fingerprint density at radius 1 is 1.39 bits per heavy atom. The van der Waals surface area contributed by atoms with E-state index >= 15 is 0 Å². The summed E-state index contributed by atoms with van der Waals surface area (Å²) < 4.78 is 24.3. The maximum atomic E-state index is 13.7. The normalized spacial score (nSPS) is 15.9. The van der Waals surface area contributed by atoms with Crippen molar-refractivity contribution < 1.29 is 18.7 Å². The van der Waals surface area contributed by atoms with Gasteiger partial charge in [0.05, 0.1) is 30.7 Å². The molecule has 0 bridgehead atoms. The number of fused-ring (bicyclic) bond motifs is 3. The Labute approximate surface area is 161 Å². The number of nitrogens with zero attached hydrogens (tertiary/aromatic N) is 2. The highest BCUT2D eigenvalue weighted by Gasteiger charge is 2.30. The Bertz CT molecular complexity index is 1030. The van der Waals surface area contributed by atoms with E-state index < -0.39 is 0 Å². The highest BCUT2D eigenvalue weighted by molar-refractivity contribution is 5.94. The van der Waals surface area contributed by atoms with E-state index in [0.717, 1.165) is 29.5 Å². The van der Waals surface area contributed by atoms with Crippen molar-refractivity contribution in [2.75, 3.05) is 19.0 Å². The number of hydrogen-bond acceptors (Lipinski definition) is 6. The maximum absolute atomic E-state index is 13.7. The van der Waals surface area contributed by atoms with Gasteiger partial charge in [0.1, 0.15) is 29.4 Å². The molecule has 0 saturated heterocycles. The molecule has 3 aromatic rings. The first-order valence-corrected chi connectivity index (χ1v) is 9.22. The molecule has 1 aliphatic carbocycles. The third-order valence-corrected chi connectivity index (χ3v) is 5.01. The van der Waals surface area contributed by atoms with Gasteiger partial charge < -0.3 is 19.8 Å². The minimum absolute atomic E-state index is 0.180. The molecular formula is C20H21FN4O3. The van der Waals surface area contributed by atoms with Crippen molar-refractivity contribution in [3.63, 3.8) is 0 Å². The Morgan fingerprint density at radius 2 is 2.25 bits per heavy atom. The largest absolute Gasteiger partial charge is 0.495 e. The summed E-state index contributed by atoms with van der Waals surface area (Å²) >= 11 is 0. The Hall–Kier alpha value is -3.16. The Morgan fingerprint density at radius 3 is 3.04 bits per heavy atom. The fraction of sp³-hybridized carbons (Fsp3) is 0.350. The van der Waals surface area contributed by atoms with Crippen molar-refractivity contribution in [1.29, 1.82) is 0 Å². The zero-order valence-corrected chi connectivity index (χ0v) is 15.7. The lowest BCUT2D eigenvalue weighted by Crippen LogP contribution is -2.24. The van der Waals surface area contributed by atoms with Crippen LogP contribution in [0.25, 0.3) is 11.0 Å². The van der Waals surface area contributed by atoms with Crippen LogP contribution in [0.15, 0.2) is 24.5 Å². The number of ether oxygens (including phenoxy) is 2. The lowest BCUT2D eigenvalue weighted by atomic mass is 9.86. The van der Waals surface area contributed by atoms with Crippen LogP contribution in [0.2, 0.25) is 0 Å². The minimum Gasteiger partial charge on any atom is -0.495 e. The predicted octanol–water partition coefficient (Wildman–Crippen LogP) is 3.52. The van der Waals surface area contributed by atoms with E-state index in [1.165, 1.54) is 25.6 Å². The lowest BCUT2D eigenvalue weighted by Gasteiger charge is -2.21. The SMILES string of the molecule is CCOC(=O)C1CCc2[nH]c3ncnc(Nc4cc(F)ccc4OC)c3c2C1. The van der Waals surface area contributed by atoms with E-state index in [-0.39, 0.29) is 17.7 Å². The molecule has 2 N–H and O–H groups in total. The molecule has 0 spiro atoms. The Kier molecular flexibility index (Phi) is 4.85. The molecule has 0 amide bonds. The monoisotopic (exact) mass is 384 g/mol. The van der Waals surface area contributed by atoms with Gasteiger partial charge in [0, 0.05) is 11.8 Å². The summed E-state index contributed by atoms with van der Waals surface area (Å²) in [5.74, 6) is 0.286. The molecule has 7 nitrogen and oxygen atoms in total. The highest BCUT2D eigenvalue weighted by atomic mass is 19.1. The van der Waals surface area contributed by atoms with Crippen molar-refractivity contribution >= 4 is 28.5 Å². The standard InChI is InChI=1S/C20H21FN4O3/c1-3-28-20(26)11-4-6-14-13(8-11)17-18(24-14)22-10-23-19(17)25-15-9-12(21)5-7-16(15)27-2/h5,7,9-11H,3-4,6,8H2,1-2H3,(H2,22,23,24,25). The summed E-state index contributed by atoms with van der Waals surface area (Å²) in [6.45, 7) is 2.17. The van der Waals surface area contributed by atoms with Crippen LogP contribution in [0.5, 0.6) is 5.75 Å². The smallest absolute Gasteiger partial charge is 0.309 e. The molecular weight excluding hydrogens is 363 g/mol. The van der Waals surface area contributed by atoms with Crippen LogP contribution in [0.1, 0.15) is 24.6 Å². The second-order valence-electron chi connectivity index (χ2n) is 6.69. The van der Waals surface area contributed by atoms with Gasteiger partial charge in [-0.15, -0.1) is 0 Å². The summed E-state index contributed by atoms with van der Waals surface area (Å²) in [6, 6.07) is 4.24. The number of rotatable bonds is 5. The van der Waals surface area contributed by atoms with Crippen LogP contribution in [0, 0.1) is 11.7 Å². The predicted molar refractivity (Wildman–Crippen MR) is 102 cm³/mol. The first-order chi connectivity index (χ1) is 13.6. The molecule has 146 valence electrons. The molecule has 1 unspecified atom stereocenters. The van der Waals surface area contributed by atoms with E-state index in [4.69, 9.17) is 9.47 Å².